The van der Waals surface area contributed by atoms with E-state index in [1.807, 2.05) is 55.5 Å². The predicted octanol–water partition coefficient (Wildman–Crippen LogP) is 4.70. The lowest BCUT2D eigenvalue weighted by atomic mass is 10.00. The van der Waals surface area contributed by atoms with E-state index in [9.17, 15) is 4.79 Å². The Bertz CT molecular complexity index is 1330. The van der Waals surface area contributed by atoms with Crippen LogP contribution < -0.4 is 23.7 Å². The number of fused-ring (bicyclic) bond motifs is 3. The molecular formula is C27H23NO6. The Morgan fingerprint density at radius 3 is 2.65 bits per heavy atom. The van der Waals surface area contributed by atoms with Crippen LogP contribution in [-0.2, 0) is 13.1 Å². The molecule has 7 heteroatoms. The van der Waals surface area contributed by atoms with Crippen LogP contribution >= 0.6 is 0 Å². The Hall–Kier alpha value is -3.97. The third-order valence-corrected chi connectivity index (χ3v) is 6.26. The second kappa shape index (κ2) is 8.11. The summed E-state index contributed by atoms with van der Waals surface area (Å²) in [5.74, 6) is 3.85. The molecule has 0 fully saturated rings. The molecule has 172 valence electrons. The van der Waals surface area contributed by atoms with E-state index in [-0.39, 0.29) is 12.6 Å². The highest BCUT2D eigenvalue weighted by atomic mass is 16.7. The molecule has 3 aromatic rings. The van der Waals surface area contributed by atoms with E-state index in [4.69, 9.17) is 23.7 Å². The molecule has 6 rings (SSSR count). The van der Waals surface area contributed by atoms with E-state index >= 15 is 0 Å². The van der Waals surface area contributed by atoms with Gasteiger partial charge in [0.2, 0.25) is 12.6 Å². The molecule has 0 N–H and O–H groups in total. The van der Waals surface area contributed by atoms with Crippen LogP contribution in [0.15, 0.2) is 54.3 Å². The number of ether oxygens (including phenoxy) is 5. The standard InChI is InChI=1S/C27H23NO6/c1-16-26-19(13-28(14-31-26)12-18-5-8-22-23(10-18)33-15-32-22)11-21-25(29)24(34-27(16)21)9-17-3-6-20(30-2)7-4-17/h3-11H,12-15H2,1-2H3/b24-9-. The second-order valence-corrected chi connectivity index (χ2v) is 8.53. The van der Waals surface area contributed by atoms with Crippen molar-refractivity contribution in [3.63, 3.8) is 0 Å². The van der Waals surface area contributed by atoms with Crippen LogP contribution in [0.1, 0.15) is 32.6 Å². The number of Topliss-reactive ketones (excluding diaryl/α,β-unsaturated/α-hetero) is 1. The lowest BCUT2D eigenvalue weighted by Gasteiger charge is -2.30. The maximum absolute atomic E-state index is 13.1. The third kappa shape index (κ3) is 3.54. The van der Waals surface area contributed by atoms with Crippen molar-refractivity contribution in [2.24, 2.45) is 0 Å². The normalized spacial score (nSPS) is 17.2. The number of allylic oxidation sites excluding steroid dienone is 1. The molecule has 0 saturated carbocycles. The van der Waals surface area contributed by atoms with Crippen LogP contribution in [0.3, 0.4) is 0 Å². The minimum absolute atomic E-state index is 0.121. The molecule has 0 aliphatic carbocycles. The average Bonchev–Trinajstić information content (AvgIpc) is 3.44. The van der Waals surface area contributed by atoms with E-state index in [1.54, 1.807) is 13.2 Å². The SMILES string of the molecule is COc1ccc(/C=C2\Oc3c(cc4c(c3C)OCN(Cc3ccc5c(c3)OCO5)C4)C2=O)cc1. The van der Waals surface area contributed by atoms with Crippen LogP contribution in [0.4, 0.5) is 0 Å². The van der Waals surface area contributed by atoms with Crippen LogP contribution in [0.2, 0.25) is 0 Å². The van der Waals surface area contributed by atoms with Crippen molar-refractivity contribution < 1.29 is 28.5 Å². The minimum atomic E-state index is -0.121. The fourth-order valence-electron chi connectivity index (χ4n) is 4.55. The highest BCUT2D eigenvalue weighted by molar-refractivity contribution is 6.15. The van der Waals surface area contributed by atoms with Crippen molar-refractivity contribution in [3.8, 4) is 28.7 Å². The zero-order valence-electron chi connectivity index (χ0n) is 18.9. The van der Waals surface area contributed by atoms with Crippen molar-refractivity contribution >= 4 is 11.9 Å². The smallest absolute Gasteiger partial charge is 0.231 e. The number of carbonyl (C=O) groups excluding carboxylic acids is 1. The maximum atomic E-state index is 13.1. The van der Waals surface area contributed by atoms with Gasteiger partial charge in [-0.2, -0.15) is 0 Å². The number of hydrogen-bond donors (Lipinski definition) is 0. The number of benzene rings is 3. The van der Waals surface area contributed by atoms with Gasteiger partial charge in [0.25, 0.3) is 0 Å². The summed E-state index contributed by atoms with van der Waals surface area (Å²) in [6.07, 6.45) is 1.76. The van der Waals surface area contributed by atoms with E-state index in [0.29, 0.717) is 36.9 Å². The van der Waals surface area contributed by atoms with Crippen molar-refractivity contribution in [1.29, 1.82) is 0 Å². The lowest BCUT2D eigenvalue weighted by molar-refractivity contribution is 0.0876. The van der Waals surface area contributed by atoms with Gasteiger partial charge < -0.3 is 23.7 Å². The Balaban J connectivity index is 1.24. The zero-order valence-corrected chi connectivity index (χ0v) is 18.9. The Morgan fingerprint density at radius 1 is 1.00 bits per heavy atom. The van der Waals surface area contributed by atoms with Crippen molar-refractivity contribution in [1.82, 2.24) is 4.90 Å². The number of hydrogen-bond acceptors (Lipinski definition) is 7. The maximum Gasteiger partial charge on any atom is 0.231 e. The lowest BCUT2D eigenvalue weighted by Crippen LogP contribution is -2.32. The van der Waals surface area contributed by atoms with Crippen molar-refractivity contribution in [3.05, 3.63) is 82.1 Å². The highest BCUT2D eigenvalue weighted by Crippen LogP contribution is 2.43. The van der Waals surface area contributed by atoms with Crippen LogP contribution in [0, 0.1) is 6.92 Å². The van der Waals surface area contributed by atoms with Crippen LogP contribution in [0.25, 0.3) is 6.08 Å². The summed E-state index contributed by atoms with van der Waals surface area (Å²) in [6.45, 7) is 4.01. The van der Waals surface area contributed by atoms with Crippen molar-refractivity contribution in [2.75, 3.05) is 20.6 Å². The van der Waals surface area contributed by atoms with Crippen molar-refractivity contribution in [2.45, 2.75) is 20.0 Å². The first kappa shape index (κ1) is 20.6. The van der Waals surface area contributed by atoms with Gasteiger partial charge in [-0.3, -0.25) is 9.69 Å². The average molecular weight is 457 g/mol. The summed E-state index contributed by atoms with van der Waals surface area (Å²) in [4.78, 5) is 15.3. The molecule has 3 aliphatic rings. The highest BCUT2D eigenvalue weighted by Gasteiger charge is 2.33. The number of nitrogens with zero attached hydrogens (tertiary/aromatic N) is 1. The van der Waals surface area contributed by atoms with Gasteiger partial charge >= 0.3 is 0 Å². The fraction of sp³-hybridized carbons (Fsp3) is 0.222. The third-order valence-electron chi connectivity index (χ3n) is 6.26. The van der Waals surface area contributed by atoms with Crippen LogP contribution in [-0.4, -0.2) is 31.3 Å². The predicted molar refractivity (Wildman–Crippen MR) is 124 cm³/mol. The summed E-state index contributed by atoms with van der Waals surface area (Å²) >= 11 is 0. The Morgan fingerprint density at radius 2 is 1.82 bits per heavy atom. The number of rotatable bonds is 4. The molecule has 0 spiro atoms. The number of ketones is 1. The molecule has 3 aromatic carbocycles. The van der Waals surface area contributed by atoms with Gasteiger partial charge in [0.15, 0.2) is 17.3 Å². The Labute approximate surface area is 197 Å². The van der Waals surface area contributed by atoms with Gasteiger partial charge in [0, 0.05) is 24.2 Å². The molecule has 0 radical (unpaired) electrons. The quantitative estimate of drug-likeness (QED) is 0.526. The monoisotopic (exact) mass is 457 g/mol. The summed E-state index contributed by atoms with van der Waals surface area (Å²) in [5.41, 5.74) is 4.38. The number of methoxy groups -OCH3 is 1. The first-order valence-electron chi connectivity index (χ1n) is 11.1. The Kier molecular flexibility index (Phi) is 4.92. The fourth-order valence-corrected chi connectivity index (χ4v) is 4.55. The van der Waals surface area contributed by atoms with Gasteiger partial charge in [0.1, 0.15) is 24.0 Å². The summed E-state index contributed by atoms with van der Waals surface area (Å²) in [7, 11) is 1.62. The van der Waals surface area contributed by atoms with E-state index in [1.165, 1.54) is 0 Å². The summed E-state index contributed by atoms with van der Waals surface area (Å²) < 4.78 is 28.2. The molecular weight excluding hydrogens is 434 g/mol. The van der Waals surface area contributed by atoms with E-state index < -0.39 is 0 Å². The molecule has 3 heterocycles. The van der Waals surface area contributed by atoms with E-state index in [2.05, 4.69) is 4.90 Å². The topological polar surface area (TPSA) is 66.5 Å². The van der Waals surface area contributed by atoms with Gasteiger partial charge in [-0.05, 0) is 54.5 Å². The molecule has 7 nitrogen and oxygen atoms in total. The number of carbonyl (C=O) groups is 1. The van der Waals surface area contributed by atoms with Gasteiger partial charge in [-0.25, -0.2) is 0 Å². The zero-order chi connectivity index (χ0) is 23.2. The molecule has 0 saturated heterocycles. The minimum Gasteiger partial charge on any atom is -0.497 e. The van der Waals surface area contributed by atoms with Gasteiger partial charge in [-0.1, -0.05) is 18.2 Å². The molecule has 3 aliphatic heterocycles. The molecule has 0 aromatic heterocycles. The molecule has 34 heavy (non-hydrogen) atoms. The molecule has 0 bridgehead atoms. The molecule has 0 atom stereocenters. The second-order valence-electron chi connectivity index (χ2n) is 8.53. The van der Waals surface area contributed by atoms with E-state index in [0.717, 1.165) is 45.3 Å². The summed E-state index contributed by atoms with van der Waals surface area (Å²) in [6, 6.07) is 15.3. The summed E-state index contributed by atoms with van der Waals surface area (Å²) in [5, 5.41) is 0. The van der Waals surface area contributed by atoms with Gasteiger partial charge in [-0.15, -0.1) is 0 Å². The largest absolute Gasteiger partial charge is 0.497 e. The first-order valence-corrected chi connectivity index (χ1v) is 11.1. The van der Waals surface area contributed by atoms with Crippen LogP contribution in [0.5, 0.6) is 28.7 Å². The first-order chi connectivity index (χ1) is 16.6. The molecule has 0 unspecified atom stereocenters. The van der Waals surface area contributed by atoms with Gasteiger partial charge in [0.05, 0.1) is 12.7 Å². The molecule has 0 amide bonds.